The number of nitrogens with zero attached hydrogens (tertiary/aromatic N) is 3. The number of aliphatic imine (C=N–C) groups is 1. The van der Waals surface area contributed by atoms with Crippen LogP contribution in [0.2, 0.25) is 0 Å². The maximum absolute atomic E-state index is 12.8. The summed E-state index contributed by atoms with van der Waals surface area (Å²) in [5.41, 5.74) is 2.40. The first kappa shape index (κ1) is 21.4. The maximum Gasteiger partial charge on any atom is 0.387 e. The summed E-state index contributed by atoms with van der Waals surface area (Å²) in [4.78, 5) is 8.73. The highest BCUT2D eigenvalue weighted by Crippen LogP contribution is 2.32. The molecule has 1 aromatic carbocycles. The van der Waals surface area contributed by atoms with Gasteiger partial charge in [0, 0.05) is 44.5 Å². The highest BCUT2D eigenvalue weighted by Gasteiger charge is 2.16. The van der Waals surface area contributed by atoms with Gasteiger partial charge in [-0.3, -0.25) is 4.99 Å². The van der Waals surface area contributed by atoms with Gasteiger partial charge in [0.2, 0.25) is 0 Å². The monoisotopic (exact) mass is 417 g/mol. The van der Waals surface area contributed by atoms with Crippen LogP contribution in [0.15, 0.2) is 53.8 Å². The number of benzene rings is 1. The predicted octanol–water partition coefficient (Wildman–Crippen LogP) is 3.24. The Morgan fingerprint density at radius 2 is 2.07 bits per heavy atom. The van der Waals surface area contributed by atoms with Crippen LogP contribution in [-0.2, 0) is 13.0 Å². The molecule has 3 rings (SSSR count). The van der Waals surface area contributed by atoms with Crippen LogP contribution in [0.3, 0.4) is 0 Å². The standard InChI is InChI=1S/C21H25F2N5O2/c1-3-29-17-8-6-7-15(19(17)30-20(22)23)13-26-21(24-2)25-11-10-16-14-28-12-5-4-9-18(28)27-16/h4-9,12,14,20H,3,10-11,13H2,1-2H3,(H2,24,25,26). The first-order valence-electron chi connectivity index (χ1n) is 9.67. The molecule has 0 amide bonds. The molecular formula is C21H25F2N5O2. The SMILES string of the molecule is CCOc1cccc(CNC(=NC)NCCc2cn3ccccc3n2)c1OC(F)F. The summed E-state index contributed by atoms with van der Waals surface area (Å²) in [5.74, 6) is 0.859. The summed E-state index contributed by atoms with van der Waals surface area (Å²) >= 11 is 0. The summed E-state index contributed by atoms with van der Waals surface area (Å²) in [6.07, 6.45) is 4.65. The second-order valence-corrected chi connectivity index (χ2v) is 6.36. The Morgan fingerprint density at radius 1 is 1.20 bits per heavy atom. The number of rotatable bonds is 9. The van der Waals surface area contributed by atoms with Crippen LogP contribution in [0.5, 0.6) is 11.5 Å². The van der Waals surface area contributed by atoms with Crippen molar-refractivity contribution in [3.63, 3.8) is 0 Å². The predicted molar refractivity (Wildman–Crippen MR) is 111 cm³/mol. The average Bonchev–Trinajstić information content (AvgIpc) is 3.15. The smallest absolute Gasteiger partial charge is 0.387 e. The molecule has 0 bridgehead atoms. The molecule has 3 aromatic rings. The Morgan fingerprint density at radius 3 is 2.80 bits per heavy atom. The number of hydrogen-bond acceptors (Lipinski definition) is 4. The number of aromatic nitrogens is 2. The van der Waals surface area contributed by atoms with E-state index in [9.17, 15) is 8.78 Å². The lowest BCUT2D eigenvalue weighted by molar-refractivity contribution is -0.0520. The van der Waals surface area contributed by atoms with Crippen LogP contribution in [0.4, 0.5) is 8.78 Å². The van der Waals surface area contributed by atoms with E-state index in [4.69, 9.17) is 9.47 Å². The molecule has 0 aliphatic heterocycles. The van der Waals surface area contributed by atoms with E-state index in [0.717, 1.165) is 11.3 Å². The fourth-order valence-electron chi connectivity index (χ4n) is 3.01. The fourth-order valence-corrected chi connectivity index (χ4v) is 3.01. The number of fused-ring (bicyclic) bond motifs is 1. The summed E-state index contributed by atoms with van der Waals surface area (Å²) < 4.78 is 37.8. The Labute approximate surface area is 173 Å². The zero-order valence-electron chi connectivity index (χ0n) is 16.9. The molecule has 0 spiro atoms. The van der Waals surface area contributed by atoms with E-state index >= 15 is 0 Å². The zero-order chi connectivity index (χ0) is 21.3. The van der Waals surface area contributed by atoms with Gasteiger partial charge in [-0.15, -0.1) is 0 Å². The molecule has 0 radical (unpaired) electrons. The summed E-state index contributed by atoms with van der Waals surface area (Å²) in [7, 11) is 1.65. The molecule has 2 aromatic heterocycles. The van der Waals surface area contributed by atoms with E-state index in [2.05, 4.69) is 20.6 Å². The molecule has 7 nitrogen and oxygen atoms in total. The lowest BCUT2D eigenvalue weighted by atomic mass is 10.2. The van der Waals surface area contributed by atoms with Crippen LogP contribution in [0.1, 0.15) is 18.2 Å². The van der Waals surface area contributed by atoms with Crippen molar-refractivity contribution in [3.05, 3.63) is 60.0 Å². The second kappa shape index (κ2) is 10.4. The van der Waals surface area contributed by atoms with Gasteiger partial charge < -0.3 is 24.5 Å². The number of ether oxygens (including phenoxy) is 2. The minimum Gasteiger partial charge on any atom is -0.490 e. The lowest BCUT2D eigenvalue weighted by Crippen LogP contribution is -2.38. The minimum absolute atomic E-state index is 0.0296. The molecule has 0 aliphatic carbocycles. The molecule has 2 heterocycles. The maximum atomic E-state index is 12.8. The molecule has 0 saturated heterocycles. The van der Waals surface area contributed by atoms with Gasteiger partial charge >= 0.3 is 6.61 Å². The number of hydrogen-bond donors (Lipinski definition) is 2. The van der Waals surface area contributed by atoms with E-state index in [0.29, 0.717) is 31.1 Å². The summed E-state index contributed by atoms with van der Waals surface area (Å²) in [6.45, 7) is 0.0578. The van der Waals surface area contributed by atoms with Crippen molar-refractivity contribution in [1.29, 1.82) is 0 Å². The number of nitrogens with one attached hydrogen (secondary N) is 2. The fraction of sp³-hybridized carbons (Fsp3) is 0.333. The number of halogens is 2. The average molecular weight is 417 g/mol. The first-order valence-corrected chi connectivity index (χ1v) is 9.67. The molecule has 30 heavy (non-hydrogen) atoms. The molecular weight excluding hydrogens is 392 g/mol. The van der Waals surface area contributed by atoms with Crippen LogP contribution >= 0.6 is 0 Å². The summed E-state index contributed by atoms with van der Waals surface area (Å²) in [6, 6.07) is 10.9. The minimum atomic E-state index is -2.94. The molecule has 0 aliphatic rings. The van der Waals surface area contributed by atoms with E-state index in [-0.39, 0.29) is 18.0 Å². The normalized spacial score (nSPS) is 11.7. The Bertz CT molecular complexity index is 957. The highest BCUT2D eigenvalue weighted by molar-refractivity contribution is 5.79. The van der Waals surface area contributed by atoms with Gasteiger partial charge in [-0.25, -0.2) is 4.98 Å². The molecule has 9 heteroatoms. The van der Waals surface area contributed by atoms with Gasteiger partial charge in [-0.05, 0) is 25.1 Å². The van der Waals surface area contributed by atoms with Gasteiger partial charge in [0.05, 0.1) is 12.3 Å². The molecule has 160 valence electrons. The first-order chi connectivity index (χ1) is 14.6. The number of pyridine rings is 1. The zero-order valence-corrected chi connectivity index (χ0v) is 16.9. The molecule has 0 atom stereocenters. The van der Waals surface area contributed by atoms with Crippen molar-refractivity contribution in [2.24, 2.45) is 4.99 Å². The Balaban J connectivity index is 1.57. The van der Waals surface area contributed by atoms with Crippen molar-refractivity contribution in [2.45, 2.75) is 26.5 Å². The van der Waals surface area contributed by atoms with E-state index in [1.54, 1.807) is 32.2 Å². The highest BCUT2D eigenvalue weighted by atomic mass is 19.3. The van der Waals surface area contributed by atoms with Crippen LogP contribution in [0, 0.1) is 0 Å². The number of imidazole rings is 1. The van der Waals surface area contributed by atoms with Crippen molar-refractivity contribution in [1.82, 2.24) is 20.0 Å². The topological polar surface area (TPSA) is 72.2 Å². The van der Waals surface area contributed by atoms with Gasteiger partial charge in [0.25, 0.3) is 0 Å². The third-order valence-corrected chi connectivity index (χ3v) is 4.32. The van der Waals surface area contributed by atoms with Crippen molar-refractivity contribution in [2.75, 3.05) is 20.2 Å². The van der Waals surface area contributed by atoms with Crippen LogP contribution in [0.25, 0.3) is 5.65 Å². The molecule has 0 saturated carbocycles. The molecule has 2 N–H and O–H groups in total. The van der Waals surface area contributed by atoms with Gasteiger partial charge in [0.1, 0.15) is 5.65 Å². The third-order valence-electron chi connectivity index (χ3n) is 4.32. The van der Waals surface area contributed by atoms with Crippen LogP contribution in [-0.4, -0.2) is 42.2 Å². The largest absolute Gasteiger partial charge is 0.490 e. The Kier molecular flexibility index (Phi) is 7.42. The quantitative estimate of drug-likeness (QED) is 0.413. The number of alkyl halides is 2. The van der Waals surface area contributed by atoms with E-state index < -0.39 is 6.61 Å². The lowest BCUT2D eigenvalue weighted by Gasteiger charge is -2.17. The van der Waals surface area contributed by atoms with Gasteiger partial charge in [0.15, 0.2) is 17.5 Å². The second-order valence-electron chi connectivity index (χ2n) is 6.36. The van der Waals surface area contributed by atoms with Gasteiger partial charge in [-0.2, -0.15) is 8.78 Å². The number of guanidine groups is 1. The Hall–Kier alpha value is -3.36. The van der Waals surface area contributed by atoms with Crippen LogP contribution < -0.4 is 20.1 Å². The van der Waals surface area contributed by atoms with Gasteiger partial charge in [-0.1, -0.05) is 18.2 Å². The van der Waals surface area contributed by atoms with Crippen molar-refractivity contribution >= 4 is 11.6 Å². The molecule has 0 fully saturated rings. The van der Waals surface area contributed by atoms with E-state index in [1.165, 1.54) is 0 Å². The van der Waals surface area contributed by atoms with E-state index in [1.807, 2.05) is 35.0 Å². The number of para-hydroxylation sites is 1. The van der Waals surface area contributed by atoms with Crippen molar-refractivity contribution < 1.29 is 18.3 Å². The molecule has 0 unspecified atom stereocenters. The summed E-state index contributed by atoms with van der Waals surface area (Å²) in [5, 5.41) is 6.32. The van der Waals surface area contributed by atoms with Crippen molar-refractivity contribution in [3.8, 4) is 11.5 Å². The third kappa shape index (κ3) is 5.59.